The average Bonchev–Trinajstić information content (AvgIpc) is 2.82. The lowest BCUT2D eigenvalue weighted by atomic mass is 9.74. The number of hydrogen-bond donors (Lipinski definition) is 1. The maximum atomic E-state index is 12.6. The first-order valence-corrected chi connectivity index (χ1v) is 7.28. The Balaban J connectivity index is 2.00. The number of nitriles is 1. The Morgan fingerprint density at radius 1 is 1.42 bits per heavy atom. The van der Waals surface area contributed by atoms with Crippen LogP contribution in [0.5, 0.6) is 0 Å². The molecule has 1 saturated carbocycles. The molecule has 1 amide bonds. The van der Waals surface area contributed by atoms with Gasteiger partial charge in [-0.25, -0.2) is 0 Å². The molecule has 1 aliphatic carbocycles. The van der Waals surface area contributed by atoms with Gasteiger partial charge in [0, 0.05) is 24.1 Å². The zero-order chi connectivity index (χ0) is 13.5. The molecule has 0 unspecified atom stereocenters. The summed E-state index contributed by atoms with van der Waals surface area (Å²) in [4.78, 5) is 14.6. The van der Waals surface area contributed by atoms with Crippen LogP contribution in [0.15, 0.2) is 11.6 Å². The average molecular weight is 260 g/mol. The van der Waals surface area contributed by atoms with Gasteiger partial charge in [0.05, 0.1) is 0 Å². The van der Waals surface area contributed by atoms with Gasteiger partial charge in [0.15, 0.2) is 0 Å². The summed E-state index contributed by atoms with van der Waals surface area (Å²) < 4.78 is 0. The van der Waals surface area contributed by atoms with Crippen molar-refractivity contribution in [2.24, 2.45) is 5.92 Å². The number of aliphatic hydroxyl groups excluding tert-OH is 1. The summed E-state index contributed by atoms with van der Waals surface area (Å²) in [5.41, 5.74) is 0.117. The van der Waals surface area contributed by atoms with E-state index >= 15 is 0 Å². The monoisotopic (exact) mass is 260 g/mol. The van der Waals surface area contributed by atoms with Crippen LogP contribution in [0.2, 0.25) is 0 Å². The van der Waals surface area contributed by atoms with Gasteiger partial charge in [0.25, 0.3) is 5.91 Å². The third-order valence-corrected chi connectivity index (χ3v) is 5.30. The van der Waals surface area contributed by atoms with Crippen LogP contribution in [0.4, 0.5) is 0 Å². The SMILES string of the molecule is N#CC1=CC[C@H]2CCC[C@]3(CCC[C@@H]3CO)N2C1=O. The predicted octanol–water partition coefficient (Wildman–Crippen LogP) is 1.75. The fraction of sp³-hybridized carbons (Fsp3) is 0.733. The first-order valence-electron chi connectivity index (χ1n) is 7.28. The Kier molecular flexibility index (Phi) is 3.10. The van der Waals surface area contributed by atoms with E-state index in [0.717, 1.165) is 44.9 Å². The van der Waals surface area contributed by atoms with E-state index in [0.29, 0.717) is 5.57 Å². The molecular weight excluding hydrogens is 240 g/mol. The summed E-state index contributed by atoms with van der Waals surface area (Å²) in [7, 11) is 0. The maximum Gasteiger partial charge on any atom is 0.264 e. The predicted molar refractivity (Wildman–Crippen MR) is 70.0 cm³/mol. The van der Waals surface area contributed by atoms with Crippen molar-refractivity contribution in [2.45, 2.75) is 56.5 Å². The van der Waals surface area contributed by atoms with Gasteiger partial charge in [-0.2, -0.15) is 5.26 Å². The Morgan fingerprint density at radius 3 is 2.84 bits per heavy atom. The first-order chi connectivity index (χ1) is 9.23. The zero-order valence-electron chi connectivity index (χ0n) is 11.1. The number of piperidine rings is 1. The van der Waals surface area contributed by atoms with Crippen molar-refractivity contribution in [3.05, 3.63) is 11.6 Å². The van der Waals surface area contributed by atoms with E-state index in [9.17, 15) is 9.90 Å². The van der Waals surface area contributed by atoms with Gasteiger partial charge in [0.1, 0.15) is 11.6 Å². The Bertz CT molecular complexity index is 465. The number of carbonyl (C=O) groups excluding carboxylic acids is 1. The van der Waals surface area contributed by atoms with Crippen molar-refractivity contribution < 1.29 is 9.90 Å². The van der Waals surface area contributed by atoms with Crippen LogP contribution in [0.1, 0.15) is 44.9 Å². The van der Waals surface area contributed by atoms with E-state index in [4.69, 9.17) is 5.26 Å². The third kappa shape index (κ3) is 1.72. The zero-order valence-corrected chi connectivity index (χ0v) is 11.1. The summed E-state index contributed by atoms with van der Waals surface area (Å²) in [6, 6.07) is 2.27. The molecule has 0 aromatic carbocycles. The van der Waals surface area contributed by atoms with E-state index in [1.165, 1.54) is 0 Å². The summed E-state index contributed by atoms with van der Waals surface area (Å²) in [6.45, 7) is 0.155. The normalized spacial score (nSPS) is 38.0. The molecular formula is C15H20N2O2. The minimum atomic E-state index is -0.175. The quantitative estimate of drug-likeness (QED) is 0.781. The molecule has 0 radical (unpaired) electrons. The van der Waals surface area contributed by atoms with E-state index in [1.807, 2.05) is 11.0 Å². The molecule has 2 heterocycles. The molecule has 2 fully saturated rings. The van der Waals surface area contributed by atoms with Crippen LogP contribution in [0.25, 0.3) is 0 Å². The lowest BCUT2D eigenvalue weighted by Gasteiger charge is -2.53. The first kappa shape index (κ1) is 12.7. The molecule has 0 bridgehead atoms. The Hall–Kier alpha value is -1.34. The largest absolute Gasteiger partial charge is 0.396 e. The molecule has 3 aliphatic rings. The maximum absolute atomic E-state index is 12.6. The summed E-state index contributed by atoms with van der Waals surface area (Å²) in [5.74, 6) is 0.0936. The smallest absolute Gasteiger partial charge is 0.264 e. The lowest BCUT2D eigenvalue weighted by molar-refractivity contribution is -0.145. The molecule has 1 saturated heterocycles. The van der Waals surface area contributed by atoms with E-state index in [2.05, 4.69) is 0 Å². The highest BCUT2D eigenvalue weighted by Gasteiger charge is 2.53. The molecule has 4 nitrogen and oxygen atoms in total. The van der Waals surface area contributed by atoms with Crippen molar-refractivity contribution in [2.75, 3.05) is 6.61 Å². The molecule has 102 valence electrons. The number of hydrogen-bond acceptors (Lipinski definition) is 3. The van der Waals surface area contributed by atoms with Gasteiger partial charge in [-0.3, -0.25) is 4.79 Å². The van der Waals surface area contributed by atoms with E-state index in [1.54, 1.807) is 6.08 Å². The number of aliphatic hydroxyl groups is 1. The highest BCUT2D eigenvalue weighted by atomic mass is 16.3. The fourth-order valence-corrected chi connectivity index (χ4v) is 4.45. The molecule has 1 N–H and O–H groups in total. The van der Waals surface area contributed by atoms with Crippen molar-refractivity contribution >= 4 is 5.91 Å². The molecule has 0 aromatic heterocycles. The second-order valence-corrected chi connectivity index (χ2v) is 6.06. The minimum Gasteiger partial charge on any atom is -0.396 e. The van der Waals surface area contributed by atoms with E-state index < -0.39 is 0 Å². The fourth-order valence-electron chi connectivity index (χ4n) is 4.45. The van der Waals surface area contributed by atoms with Crippen LogP contribution in [-0.2, 0) is 4.79 Å². The number of fused-ring (bicyclic) bond motifs is 2. The van der Waals surface area contributed by atoms with Gasteiger partial charge in [0.2, 0.25) is 0 Å². The highest BCUT2D eigenvalue weighted by Crippen LogP contribution is 2.49. The second-order valence-electron chi connectivity index (χ2n) is 6.06. The number of amides is 1. The summed E-state index contributed by atoms with van der Waals surface area (Å²) in [5, 5.41) is 18.8. The number of nitrogens with zero attached hydrogens (tertiary/aromatic N) is 2. The number of rotatable bonds is 1. The van der Waals surface area contributed by atoms with Crippen LogP contribution >= 0.6 is 0 Å². The van der Waals surface area contributed by atoms with Crippen LogP contribution < -0.4 is 0 Å². The molecule has 3 rings (SSSR count). The lowest BCUT2D eigenvalue weighted by Crippen LogP contribution is -2.62. The van der Waals surface area contributed by atoms with E-state index in [-0.39, 0.29) is 30.0 Å². The molecule has 19 heavy (non-hydrogen) atoms. The molecule has 2 aliphatic heterocycles. The van der Waals surface area contributed by atoms with Gasteiger partial charge >= 0.3 is 0 Å². The summed E-state index contributed by atoms with van der Waals surface area (Å²) in [6.07, 6.45) is 8.80. The van der Waals surface area contributed by atoms with Crippen LogP contribution in [0.3, 0.4) is 0 Å². The Labute approximate surface area is 113 Å². The summed E-state index contributed by atoms with van der Waals surface area (Å²) >= 11 is 0. The van der Waals surface area contributed by atoms with Gasteiger partial charge in [-0.05, 0) is 38.5 Å². The Morgan fingerprint density at radius 2 is 2.16 bits per heavy atom. The van der Waals surface area contributed by atoms with Crippen molar-refractivity contribution in [1.82, 2.24) is 4.90 Å². The second kappa shape index (κ2) is 4.64. The highest BCUT2D eigenvalue weighted by molar-refractivity contribution is 5.98. The van der Waals surface area contributed by atoms with Crippen molar-refractivity contribution in [1.29, 1.82) is 5.26 Å². The van der Waals surface area contributed by atoms with Crippen LogP contribution in [0, 0.1) is 17.2 Å². The van der Waals surface area contributed by atoms with Gasteiger partial charge in [-0.15, -0.1) is 0 Å². The molecule has 1 spiro atoms. The number of carbonyl (C=O) groups is 1. The van der Waals surface area contributed by atoms with Crippen molar-refractivity contribution in [3.63, 3.8) is 0 Å². The molecule has 3 atom stereocenters. The minimum absolute atomic E-state index is 0.0983. The third-order valence-electron chi connectivity index (χ3n) is 5.30. The molecule has 0 aromatic rings. The van der Waals surface area contributed by atoms with Crippen molar-refractivity contribution in [3.8, 4) is 6.07 Å². The standard InChI is InChI=1S/C15H20N2O2/c16-9-11-5-6-13-4-2-8-15(17(13)14(11)19)7-1-3-12(15)10-18/h5,12-13,18H,1-4,6-8,10H2/t12-,13-,15+/m1/s1. The van der Waals surface area contributed by atoms with Crippen LogP contribution in [-0.4, -0.2) is 34.1 Å². The van der Waals surface area contributed by atoms with Gasteiger partial charge < -0.3 is 10.0 Å². The topological polar surface area (TPSA) is 64.3 Å². The van der Waals surface area contributed by atoms with Gasteiger partial charge in [-0.1, -0.05) is 12.5 Å². The molecule has 4 heteroatoms.